The van der Waals surface area contributed by atoms with Crippen LogP contribution >= 0.6 is 0 Å². The van der Waals surface area contributed by atoms with E-state index in [-0.39, 0.29) is 19.3 Å². The minimum Gasteiger partial charge on any atom is -0.462 e. The summed E-state index contributed by atoms with van der Waals surface area (Å²) in [7, 11) is 0. The van der Waals surface area contributed by atoms with E-state index in [1.807, 2.05) is 0 Å². The predicted molar refractivity (Wildman–Crippen MR) is 145 cm³/mol. The molecule has 208 valence electrons. The monoisotopic (exact) mass is 504 g/mol. The minimum atomic E-state index is -1.20. The van der Waals surface area contributed by atoms with E-state index in [4.69, 9.17) is 4.74 Å². The van der Waals surface area contributed by atoms with Crippen molar-refractivity contribution in [2.45, 2.75) is 125 Å². The van der Waals surface area contributed by atoms with Gasteiger partial charge < -0.3 is 14.9 Å². The molecule has 0 bridgehead atoms. The van der Waals surface area contributed by atoms with Crippen LogP contribution in [-0.4, -0.2) is 35.5 Å². The lowest BCUT2D eigenvalue weighted by Gasteiger charge is -2.61. The van der Waals surface area contributed by atoms with Gasteiger partial charge in [-0.05, 0) is 117 Å². The van der Waals surface area contributed by atoms with Gasteiger partial charge in [0.05, 0.1) is 13.2 Å². The molecular formula is C32H56O4. The highest BCUT2D eigenvalue weighted by Gasteiger charge is 2.60. The van der Waals surface area contributed by atoms with Crippen molar-refractivity contribution in [2.24, 2.45) is 57.7 Å². The lowest BCUT2D eigenvalue weighted by atomic mass is 9.44. The Kier molecular flexibility index (Phi) is 8.58. The number of aliphatic hydroxyl groups excluding tert-OH is 2. The molecule has 0 heterocycles. The first-order valence-corrected chi connectivity index (χ1v) is 15.4. The molecule has 0 radical (unpaired) electrons. The number of ether oxygens (including phenoxy) is 1. The SMILES string of the molecule is CC(C)CCC[C@@H](C)[C@H]1CCC2C3CC[C@H]4C[C@H](OC(=O)C(C)(CO)CO)CC[C@]4(C)C3CC[C@@]21C. The van der Waals surface area contributed by atoms with Crippen LogP contribution in [0.1, 0.15) is 119 Å². The van der Waals surface area contributed by atoms with Gasteiger partial charge in [0, 0.05) is 0 Å². The van der Waals surface area contributed by atoms with E-state index < -0.39 is 11.4 Å². The average molecular weight is 505 g/mol. The fourth-order valence-corrected chi connectivity index (χ4v) is 9.82. The van der Waals surface area contributed by atoms with Crippen molar-refractivity contribution in [1.29, 1.82) is 0 Å². The number of aliphatic hydroxyl groups is 2. The largest absolute Gasteiger partial charge is 0.462 e. The highest BCUT2D eigenvalue weighted by molar-refractivity contribution is 5.76. The van der Waals surface area contributed by atoms with Crippen molar-refractivity contribution in [1.82, 2.24) is 0 Å². The molecule has 2 N–H and O–H groups in total. The van der Waals surface area contributed by atoms with Gasteiger partial charge in [-0.15, -0.1) is 0 Å². The average Bonchev–Trinajstić information content (AvgIpc) is 3.20. The fourth-order valence-electron chi connectivity index (χ4n) is 9.82. The van der Waals surface area contributed by atoms with Crippen molar-refractivity contribution in [3.8, 4) is 0 Å². The van der Waals surface area contributed by atoms with E-state index in [2.05, 4.69) is 34.6 Å². The smallest absolute Gasteiger partial charge is 0.316 e. The second kappa shape index (κ2) is 10.9. The van der Waals surface area contributed by atoms with Crippen LogP contribution in [0.5, 0.6) is 0 Å². The minimum absolute atomic E-state index is 0.0686. The predicted octanol–water partition coefficient (Wildman–Crippen LogP) is 7.01. The summed E-state index contributed by atoms with van der Waals surface area (Å²) in [5.41, 5.74) is -0.296. The van der Waals surface area contributed by atoms with Crippen molar-refractivity contribution in [3.05, 3.63) is 0 Å². The van der Waals surface area contributed by atoms with Crippen molar-refractivity contribution in [2.75, 3.05) is 13.2 Å². The zero-order valence-corrected chi connectivity index (χ0v) is 24.2. The van der Waals surface area contributed by atoms with Crippen molar-refractivity contribution < 1.29 is 19.7 Å². The van der Waals surface area contributed by atoms with E-state index in [1.54, 1.807) is 6.92 Å². The first kappa shape index (κ1) is 28.4. The number of esters is 1. The fraction of sp³-hybridized carbons (Fsp3) is 0.969. The van der Waals surface area contributed by atoms with Gasteiger partial charge in [0.15, 0.2) is 0 Å². The van der Waals surface area contributed by atoms with Gasteiger partial charge in [-0.25, -0.2) is 0 Å². The molecule has 0 aromatic heterocycles. The first-order chi connectivity index (χ1) is 17.0. The van der Waals surface area contributed by atoms with Crippen molar-refractivity contribution >= 4 is 5.97 Å². The third-order valence-electron chi connectivity index (χ3n) is 12.3. The maximum absolute atomic E-state index is 12.7. The number of fused-ring (bicyclic) bond motifs is 5. The third kappa shape index (κ3) is 5.04. The van der Waals surface area contributed by atoms with Gasteiger partial charge >= 0.3 is 5.97 Å². The molecule has 4 rings (SSSR count). The van der Waals surface area contributed by atoms with Crippen LogP contribution in [0.2, 0.25) is 0 Å². The van der Waals surface area contributed by atoms with Gasteiger partial charge in [0.1, 0.15) is 11.5 Å². The molecule has 0 aromatic rings. The lowest BCUT2D eigenvalue weighted by molar-refractivity contribution is -0.176. The Morgan fingerprint density at radius 3 is 2.25 bits per heavy atom. The van der Waals surface area contributed by atoms with Crippen LogP contribution in [0, 0.1) is 57.7 Å². The van der Waals surface area contributed by atoms with E-state index >= 15 is 0 Å². The van der Waals surface area contributed by atoms with Gasteiger partial charge in [-0.2, -0.15) is 0 Å². The Balaban J connectivity index is 1.40. The molecule has 3 unspecified atom stereocenters. The van der Waals surface area contributed by atoms with Gasteiger partial charge in [0.2, 0.25) is 0 Å². The molecule has 0 spiro atoms. The number of carbonyl (C=O) groups excluding carboxylic acids is 1. The molecule has 0 aromatic carbocycles. The summed E-state index contributed by atoms with van der Waals surface area (Å²) in [6.07, 6.45) is 15.4. The van der Waals surface area contributed by atoms with Crippen LogP contribution in [0.25, 0.3) is 0 Å². The Morgan fingerprint density at radius 1 is 0.917 bits per heavy atom. The Bertz CT molecular complexity index is 759. The van der Waals surface area contributed by atoms with E-state index in [0.29, 0.717) is 16.7 Å². The molecular weight excluding hydrogens is 448 g/mol. The highest BCUT2D eigenvalue weighted by Crippen LogP contribution is 2.68. The van der Waals surface area contributed by atoms with Gasteiger partial charge in [-0.3, -0.25) is 4.79 Å². The standard InChI is InChI=1S/C32H56O4/c1-21(2)8-7-9-22(3)26-12-13-27-25-11-10-23-18-24(36-29(35)30(4,19-33)20-34)14-16-31(23,5)28(25)15-17-32(26,27)6/h21-28,33-34H,7-20H2,1-6H3/t22-,23+,24-,25?,26-,27?,28?,31+,32-/m1/s1. The van der Waals surface area contributed by atoms with Crippen LogP contribution in [0.15, 0.2) is 0 Å². The number of rotatable bonds is 9. The lowest BCUT2D eigenvalue weighted by Crippen LogP contribution is -2.54. The van der Waals surface area contributed by atoms with E-state index in [0.717, 1.165) is 54.8 Å². The second-order valence-electron chi connectivity index (χ2n) is 14.9. The molecule has 4 fully saturated rings. The zero-order valence-electron chi connectivity index (χ0n) is 24.2. The molecule has 4 heteroatoms. The Morgan fingerprint density at radius 2 is 1.58 bits per heavy atom. The van der Waals surface area contributed by atoms with Crippen LogP contribution < -0.4 is 0 Å². The normalized spacial score (nSPS) is 41.4. The van der Waals surface area contributed by atoms with Crippen molar-refractivity contribution in [3.63, 3.8) is 0 Å². The molecule has 4 saturated carbocycles. The Hall–Kier alpha value is -0.610. The molecule has 9 atom stereocenters. The molecule has 4 aliphatic carbocycles. The molecule has 4 aliphatic rings. The molecule has 0 amide bonds. The summed E-state index contributed by atoms with van der Waals surface area (Å²) in [6, 6.07) is 0. The highest BCUT2D eigenvalue weighted by atomic mass is 16.5. The topological polar surface area (TPSA) is 66.8 Å². The summed E-state index contributed by atoms with van der Waals surface area (Å²) in [5, 5.41) is 19.2. The summed E-state index contributed by atoms with van der Waals surface area (Å²) in [4.78, 5) is 12.7. The van der Waals surface area contributed by atoms with Crippen LogP contribution in [0.4, 0.5) is 0 Å². The number of hydrogen-bond donors (Lipinski definition) is 2. The second-order valence-corrected chi connectivity index (χ2v) is 14.9. The van der Waals surface area contributed by atoms with E-state index in [9.17, 15) is 15.0 Å². The first-order valence-electron chi connectivity index (χ1n) is 15.4. The number of carbonyl (C=O) groups is 1. The third-order valence-corrected chi connectivity index (χ3v) is 12.3. The summed E-state index contributed by atoms with van der Waals surface area (Å²) in [5.74, 6) is 5.36. The summed E-state index contributed by atoms with van der Waals surface area (Å²) >= 11 is 0. The van der Waals surface area contributed by atoms with Crippen LogP contribution in [-0.2, 0) is 9.53 Å². The Labute approximate surface area is 221 Å². The maximum Gasteiger partial charge on any atom is 0.316 e. The molecule has 36 heavy (non-hydrogen) atoms. The number of hydrogen-bond acceptors (Lipinski definition) is 4. The van der Waals surface area contributed by atoms with Gasteiger partial charge in [-0.1, -0.05) is 53.9 Å². The molecule has 0 aliphatic heterocycles. The maximum atomic E-state index is 12.7. The molecule has 4 nitrogen and oxygen atoms in total. The van der Waals surface area contributed by atoms with E-state index in [1.165, 1.54) is 57.8 Å². The zero-order chi connectivity index (χ0) is 26.3. The van der Waals surface area contributed by atoms with Gasteiger partial charge in [0.25, 0.3) is 0 Å². The van der Waals surface area contributed by atoms with Crippen LogP contribution in [0.3, 0.4) is 0 Å². The quantitative estimate of drug-likeness (QED) is 0.331. The summed E-state index contributed by atoms with van der Waals surface area (Å²) < 4.78 is 5.88. The summed E-state index contributed by atoms with van der Waals surface area (Å²) in [6.45, 7) is 13.4. The molecule has 0 saturated heterocycles.